The van der Waals surface area contributed by atoms with Crippen molar-refractivity contribution in [2.75, 3.05) is 11.9 Å². The van der Waals surface area contributed by atoms with E-state index < -0.39 is 0 Å². The Morgan fingerprint density at radius 2 is 1.85 bits per heavy atom. The van der Waals surface area contributed by atoms with Gasteiger partial charge in [-0.2, -0.15) is 5.10 Å². The minimum absolute atomic E-state index is 0.0515. The molecule has 3 N–H and O–H groups in total. The Morgan fingerprint density at radius 1 is 1.03 bits per heavy atom. The summed E-state index contributed by atoms with van der Waals surface area (Å²) in [6, 6.07) is 18.6. The lowest BCUT2D eigenvalue weighted by Gasteiger charge is -2.24. The summed E-state index contributed by atoms with van der Waals surface area (Å²) in [5.41, 5.74) is 6.19. The summed E-state index contributed by atoms with van der Waals surface area (Å²) < 4.78 is 0. The summed E-state index contributed by atoms with van der Waals surface area (Å²) >= 11 is 0. The van der Waals surface area contributed by atoms with Crippen molar-refractivity contribution < 1.29 is 4.79 Å². The van der Waals surface area contributed by atoms with Crippen molar-refractivity contribution in [2.24, 2.45) is 5.92 Å². The van der Waals surface area contributed by atoms with Gasteiger partial charge in [-0.3, -0.25) is 14.9 Å². The van der Waals surface area contributed by atoms with Gasteiger partial charge in [0.1, 0.15) is 0 Å². The third kappa shape index (κ3) is 4.96. The second kappa shape index (κ2) is 10.1. The number of hydrogen-bond donors (Lipinski definition) is 3. The first-order valence-corrected chi connectivity index (χ1v) is 12.2. The zero-order valence-electron chi connectivity index (χ0n) is 19.6. The van der Waals surface area contributed by atoms with Gasteiger partial charge in [0.05, 0.1) is 17.2 Å². The van der Waals surface area contributed by atoms with Crippen molar-refractivity contribution in [1.82, 2.24) is 20.5 Å². The van der Waals surface area contributed by atoms with Gasteiger partial charge < -0.3 is 10.6 Å². The molecule has 2 heterocycles. The van der Waals surface area contributed by atoms with E-state index in [1.165, 1.54) is 6.42 Å². The van der Waals surface area contributed by atoms with E-state index in [1.807, 2.05) is 43.6 Å². The number of aromatic amines is 1. The number of anilines is 1. The Labute approximate surface area is 200 Å². The van der Waals surface area contributed by atoms with Crippen molar-refractivity contribution in [3.8, 4) is 11.1 Å². The van der Waals surface area contributed by atoms with Gasteiger partial charge in [-0.25, -0.2) is 0 Å². The van der Waals surface area contributed by atoms with Gasteiger partial charge in [0.2, 0.25) is 5.91 Å². The number of nitrogens with one attached hydrogen (secondary N) is 3. The minimum atomic E-state index is -0.0515. The summed E-state index contributed by atoms with van der Waals surface area (Å²) in [4.78, 5) is 17.3. The first kappa shape index (κ1) is 22.1. The molecule has 1 aliphatic rings. The largest absolute Gasteiger partial charge is 0.375 e. The van der Waals surface area contributed by atoms with Crippen molar-refractivity contribution in [3.05, 3.63) is 78.2 Å². The number of nitrogens with zero attached hydrogens (tertiary/aromatic N) is 2. The monoisotopic (exact) mass is 453 g/mol. The number of carbonyl (C=O) groups is 1. The number of aryl methyl sites for hydroxylation is 1. The lowest BCUT2D eigenvalue weighted by atomic mass is 9.88. The Hall–Kier alpha value is -3.67. The lowest BCUT2D eigenvalue weighted by molar-refractivity contribution is -0.125. The Kier molecular flexibility index (Phi) is 6.56. The molecule has 1 atom stereocenters. The topological polar surface area (TPSA) is 82.7 Å². The molecular formula is C28H31N5O. The molecule has 1 unspecified atom stereocenters. The highest BCUT2D eigenvalue weighted by molar-refractivity contribution is 5.86. The summed E-state index contributed by atoms with van der Waals surface area (Å²) in [7, 11) is 0. The molecule has 1 fully saturated rings. The van der Waals surface area contributed by atoms with Gasteiger partial charge >= 0.3 is 0 Å². The Morgan fingerprint density at radius 3 is 2.68 bits per heavy atom. The number of rotatable bonds is 7. The molecule has 5 rings (SSSR count). The third-order valence-corrected chi connectivity index (χ3v) is 6.82. The molecule has 2 aromatic heterocycles. The number of aromatic nitrogens is 3. The van der Waals surface area contributed by atoms with Gasteiger partial charge in [0.25, 0.3) is 0 Å². The van der Waals surface area contributed by atoms with Crippen LogP contribution >= 0.6 is 0 Å². The first-order valence-electron chi connectivity index (χ1n) is 12.2. The summed E-state index contributed by atoms with van der Waals surface area (Å²) in [6.07, 6.45) is 9.27. The molecule has 34 heavy (non-hydrogen) atoms. The number of fused-ring (bicyclic) bond motifs is 1. The first-order chi connectivity index (χ1) is 16.7. The van der Waals surface area contributed by atoms with E-state index in [4.69, 9.17) is 0 Å². The summed E-state index contributed by atoms with van der Waals surface area (Å²) in [5, 5.41) is 15.3. The normalized spacial score (nSPS) is 15.2. The van der Waals surface area contributed by atoms with Gasteiger partial charge in [0, 0.05) is 41.5 Å². The zero-order valence-corrected chi connectivity index (χ0v) is 19.6. The maximum Gasteiger partial charge on any atom is 0.223 e. The molecule has 1 amide bonds. The number of benzene rings is 2. The fourth-order valence-electron chi connectivity index (χ4n) is 4.85. The smallest absolute Gasteiger partial charge is 0.223 e. The van der Waals surface area contributed by atoms with Crippen LogP contribution in [0.5, 0.6) is 0 Å². The zero-order chi connectivity index (χ0) is 23.3. The number of amides is 1. The van der Waals surface area contributed by atoms with E-state index in [0.29, 0.717) is 6.54 Å². The Balaban J connectivity index is 1.35. The van der Waals surface area contributed by atoms with Crippen LogP contribution in [0.15, 0.2) is 67.0 Å². The van der Waals surface area contributed by atoms with Crippen molar-refractivity contribution in [2.45, 2.75) is 45.1 Å². The highest BCUT2D eigenvalue weighted by Crippen LogP contribution is 2.28. The molecule has 1 saturated carbocycles. The fraction of sp³-hybridized carbons (Fsp3) is 0.321. The third-order valence-electron chi connectivity index (χ3n) is 6.82. The van der Waals surface area contributed by atoms with Crippen LogP contribution in [0.25, 0.3) is 22.0 Å². The van der Waals surface area contributed by atoms with Gasteiger partial charge in [-0.15, -0.1) is 0 Å². The number of pyridine rings is 1. The average molecular weight is 454 g/mol. The fourth-order valence-corrected chi connectivity index (χ4v) is 4.85. The lowest BCUT2D eigenvalue weighted by Crippen LogP contribution is -2.36. The van der Waals surface area contributed by atoms with Crippen molar-refractivity contribution >= 4 is 22.5 Å². The summed E-state index contributed by atoms with van der Waals surface area (Å²) in [5.74, 6) is 0.328. The quantitative estimate of drug-likeness (QED) is 0.331. The molecule has 1 aliphatic carbocycles. The van der Waals surface area contributed by atoms with E-state index in [1.54, 1.807) is 0 Å². The van der Waals surface area contributed by atoms with Crippen LogP contribution < -0.4 is 10.6 Å². The second-order valence-corrected chi connectivity index (χ2v) is 9.23. The molecule has 0 bridgehead atoms. The molecule has 6 heteroatoms. The number of carbonyl (C=O) groups excluding carboxylic acids is 1. The molecule has 6 nitrogen and oxygen atoms in total. The molecular weight excluding hydrogens is 422 g/mol. The average Bonchev–Trinajstić information content (AvgIpc) is 3.27. The summed E-state index contributed by atoms with van der Waals surface area (Å²) in [6.45, 7) is 2.56. The molecule has 4 aromatic rings. The standard InChI is InChI=1S/C28H31N5O/c1-19-25-15-22(12-13-26(25)33-32-19)23-14-24(17-29-16-23)31-27(20-8-4-2-5-9-20)18-30-28(34)21-10-6-3-7-11-21/h2,4-5,8-9,12-17,21,27,31H,3,6-7,10-11,18H2,1H3,(H,30,34)(H,32,33). The van der Waals surface area contributed by atoms with E-state index in [9.17, 15) is 4.79 Å². The molecule has 174 valence electrons. The minimum Gasteiger partial charge on any atom is -0.375 e. The van der Waals surface area contributed by atoms with Crippen LogP contribution in [0.2, 0.25) is 0 Å². The number of hydrogen-bond acceptors (Lipinski definition) is 4. The van der Waals surface area contributed by atoms with Crippen LogP contribution in [-0.2, 0) is 4.79 Å². The highest BCUT2D eigenvalue weighted by Gasteiger charge is 2.22. The predicted octanol–water partition coefficient (Wildman–Crippen LogP) is 5.78. The molecule has 0 aliphatic heterocycles. The van der Waals surface area contributed by atoms with E-state index in [0.717, 1.165) is 64.7 Å². The highest BCUT2D eigenvalue weighted by atomic mass is 16.1. The maximum atomic E-state index is 12.8. The van der Waals surface area contributed by atoms with Gasteiger partial charge in [-0.1, -0.05) is 55.7 Å². The maximum absolute atomic E-state index is 12.8. The van der Waals surface area contributed by atoms with Crippen LogP contribution in [-0.4, -0.2) is 27.6 Å². The second-order valence-electron chi connectivity index (χ2n) is 9.23. The van der Waals surface area contributed by atoms with Crippen molar-refractivity contribution in [3.63, 3.8) is 0 Å². The SMILES string of the molecule is Cc1[nH]nc2ccc(-c3cncc(NC(CNC(=O)C4CCCCC4)c4ccccc4)c3)cc12. The molecule has 2 aromatic carbocycles. The van der Waals surface area contributed by atoms with E-state index in [-0.39, 0.29) is 17.9 Å². The van der Waals surface area contributed by atoms with Crippen LogP contribution in [0, 0.1) is 12.8 Å². The van der Waals surface area contributed by atoms with Crippen LogP contribution in [0.1, 0.15) is 49.4 Å². The van der Waals surface area contributed by atoms with Gasteiger partial charge in [0.15, 0.2) is 0 Å². The molecule has 0 radical (unpaired) electrons. The van der Waals surface area contributed by atoms with Gasteiger partial charge in [-0.05, 0) is 49.1 Å². The van der Waals surface area contributed by atoms with E-state index in [2.05, 4.69) is 56.1 Å². The predicted molar refractivity (Wildman–Crippen MR) is 136 cm³/mol. The molecule has 0 spiro atoms. The molecule has 0 saturated heterocycles. The van der Waals surface area contributed by atoms with Crippen molar-refractivity contribution in [1.29, 1.82) is 0 Å². The van der Waals surface area contributed by atoms with Crippen LogP contribution in [0.4, 0.5) is 5.69 Å². The number of H-pyrrole nitrogens is 1. The Bertz CT molecular complexity index is 1260. The van der Waals surface area contributed by atoms with Crippen LogP contribution in [0.3, 0.4) is 0 Å². The van der Waals surface area contributed by atoms with E-state index >= 15 is 0 Å².